The van der Waals surface area contributed by atoms with Gasteiger partial charge in [0.25, 0.3) is 0 Å². The van der Waals surface area contributed by atoms with Crippen LogP contribution in [0.1, 0.15) is 19.5 Å². The summed E-state index contributed by atoms with van der Waals surface area (Å²) >= 11 is 0. The van der Waals surface area contributed by atoms with Crippen molar-refractivity contribution < 1.29 is 12.6 Å². The fourth-order valence-electron chi connectivity index (χ4n) is 5.44. The Morgan fingerprint density at radius 2 is 1.62 bits per heavy atom. The van der Waals surface area contributed by atoms with Crippen LogP contribution in [0.3, 0.4) is 0 Å². The molecule has 0 aliphatic rings. The van der Waals surface area contributed by atoms with Crippen molar-refractivity contribution in [2.75, 3.05) is 0 Å². The first-order chi connectivity index (χ1) is 22.1. The van der Waals surface area contributed by atoms with E-state index in [1.54, 1.807) is 18.6 Å². The zero-order valence-corrected chi connectivity index (χ0v) is 21.0. The number of pyridine rings is 3. The van der Waals surface area contributed by atoms with Crippen molar-refractivity contribution in [2.24, 2.45) is 0 Å². The summed E-state index contributed by atoms with van der Waals surface area (Å²) in [7, 11) is 0. The van der Waals surface area contributed by atoms with Crippen molar-refractivity contribution in [1.82, 2.24) is 24.5 Å². The molecule has 0 saturated heterocycles. The van der Waals surface area contributed by atoms with E-state index < -0.39 is 19.4 Å². The first-order valence-electron chi connectivity index (χ1n) is 15.7. The fraction of sp³-hybridized carbons (Fsp3) is 0.0588. The maximum absolute atomic E-state index is 8.03. The minimum atomic E-state index is -2.76. The Balaban J connectivity index is 1.49. The molecule has 5 aromatic heterocycles. The highest BCUT2D eigenvalue weighted by atomic mass is 16.3. The number of nitrogens with zero attached hydrogens (tertiary/aromatic N) is 5. The predicted molar refractivity (Wildman–Crippen MR) is 160 cm³/mol. The molecule has 0 spiro atoms. The summed E-state index contributed by atoms with van der Waals surface area (Å²) in [5, 5.41) is 1.74. The normalized spacial score (nSPS) is 14.6. The number of furan rings is 1. The quantitative estimate of drug-likeness (QED) is 0.233. The molecule has 0 saturated carbocycles. The minimum absolute atomic E-state index is 0.00497. The number of para-hydroxylation sites is 1. The van der Waals surface area contributed by atoms with Gasteiger partial charge in [0.05, 0.1) is 27.8 Å². The molecule has 6 nitrogen and oxygen atoms in total. The highest BCUT2D eigenvalue weighted by molar-refractivity contribution is 6.10. The molecule has 0 atom stereocenters. The third kappa shape index (κ3) is 3.29. The Kier molecular flexibility index (Phi) is 3.70. The summed E-state index contributed by atoms with van der Waals surface area (Å²) in [5.41, 5.74) is 5.23. The van der Waals surface area contributed by atoms with Crippen molar-refractivity contribution in [3.63, 3.8) is 0 Å². The van der Waals surface area contributed by atoms with E-state index in [2.05, 4.69) is 37.7 Å². The lowest BCUT2D eigenvalue weighted by molar-refractivity contribution is 0.652. The fourth-order valence-corrected chi connectivity index (χ4v) is 5.44. The van der Waals surface area contributed by atoms with Gasteiger partial charge in [-0.2, -0.15) is 0 Å². The number of aryl methyl sites for hydroxylation is 2. The third-order valence-electron chi connectivity index (χ3n) is 7.24. The monoisotopic (exact) mass is 523 g/mol. The van der Waals surface area contributed by atoms with Crippen LogP contribution in [-0.4, -0.2) is 24.5 Å². The van der Waals surface area contributed by atoms with Crippen LogP contribution in [0.4, 0.5) is 0 Å². The Morgan fingerprint density at radius 3 is 2.52 bits per heavy atom. The Labute approximate surface area is 238 Å². The number of benzene rings is 3. The van der Waals surface area contributed by atoms with Crippen molar-refractivity contribution in [3.05, 3.63) is 115 Å². The molecule has 40 heavy (non-hydrogen) atoms. The number of hydrogen-bond acceptors (Lipinski definition) is 5. The van der Waals surface area contributed by atoms with Crippen LogP contribution < -0.4 is 0 Å². The van der Waals surface area contributed by atoms with Crippen LogP contribution in [0, 0.1) is 13.7 Å². The van der Waals surface area contributed by atoms with Crippen LogP contribution >= 0.6 is 0 Å². The standard InChI is InChI=1S/C34H23N5O/c1-20-17-25-26-18-35-19-27(32(26)40-34(25)37-21(20)2)33-38-29-15-14-28-24(12-8-16-36-28)31(29)39(33)30-13-7-6-11-23(30)22-9-4-3-5-10-22/h3-19H,1-2H3/i1D3,2D3. The van der Waals surface area contributed by atoms with Crippen LogP contribution in [0.25, 0.3) is 72.2 Å². The molecule has 0 unspecified atom stereocenters. The van der Waals surface area contributed by atoms with Gasteiger partial charge in [0.15, 0.2) is 11.4 Å². The van der Waals surface area contributed by atoms with Gasteiger partial charge in [0, 0.05) is 54.2 Å². The smallest absolute Gasteiger partial charge is 0.227 e. The number of fused-ring (bicyclic) bond motifs is 6. The highest BCUT2D eigenvalue weighted by Gasteiger charge is 2.23. The van der Waals surface area contributed by atoms with Crippen LogP contribution in [0.5, 0.6) is 0 Å². The van der Waals surface area contributed by atoms with E-state index in [0.717, 1.165) is 38.8 Å². The molecular weight excluding hydrogens is 494 g/mol. The summed E-state index contributed by atoms with van der Waals surface area (Å²) in [6, 6.07) is 27.2. The first-order valence-corrected chi connectivity index (χ1v) is 12.7. The second-order valence-electron chi connectivity index (χ2n) is 9.56. The van der Waals surface area contributed by atoms with Crippen LogP contribution in [-0.2, 0) is 0 Å². The van der Waals surface area contributed by atoms with E-state index >= 15 is 0 Å². The van der Waals surface area contributed by atoms with Crippen LogP contribution in [0.15, 0.2) is 108 Å². The van der Waals surface area contributed by atoms with Crippen molar-refractivity contribution in [2.45, 2.75) is 13.7 Å². The number of aromatic nitrogens is 5. The van der Waals surface area contributed by atoms with E-state index in [1.807, 2.05) is 60.7 Å². The molecule has 0 fully saturated rings. The van der Waals surface area contributed by atoms with Crippen molar-refractivity contribution in [3.8, 4) is 28.2 Å². The molecule has 8 aromatic rings. The van der Waals surface area contributed by atoms with Gasteiger partial charge < -0.3 is 4.42 Å². The Morgan fingerprint density at radius 1 is 0.750 bits per heavy atom. The highest BCUT2D eigenvalue weighted by Crippen LogP contribution is 2.40. The number of hydrogen-bond donors (Lipinski definition) is 0. The molecule has 0 aliphatic heterocycles. The topological polar surface area (TPSA) is 69.6 Å². The van der Waals surface area contributed by atoms with Gasteiger partial charge in [0.2, 0.25) is 5.71 Å². The average molecular weight is 524 g/mol. The summed E-state index contributed by atoms with van der Waals surface area (Å²) in [6.07, 6.45) is 4.96. The Bertz CT molecular complexity index is 2460. The van der Waals surface area contributed by atoms with E-state index in [4.69, 9.17) is 17.6 Å². The summed E-state index contributed by atoms with van der Waals surface area (Å²) < 4.78 is 56.3. The zero-order chi connectivity index (χ0) is 31.8. The summed E-state index contributed by atoms with van der Waals surface area (Å²) in [6.45, 7) is -5.47. The van der Waals surface area contributed by atoms with Gasteiger partial charge in [-0.05, 0) is 61.2 Å². The summed E-state index contributed by atoms with van der Waals surface area (Å²) in [4.78, 5) is 18.5. The molecule has 5 heterocycles. The van der Waals surface area contributed by atoms with Gasteiger partial charge in [-0.3, -0.25) is 14.5 Å². The van der Waals surface area contributed by atoms with Gasteiger partial charge in [0.1, 0.15) is 0 Å². The first kappa shape index (κ1) is 17.3. The van der Waals surface area contributed by atoms with E-state index in [1.165, 1.54) is 6.07 Å². The second kappa shape index (κ2) is 8.58. The molecule has 0 amide bonds. The third-order valence-corrected chi connectivity index (χ3v) is 7.24. The lowest BCUT2D eigenvalue weighted by Gasteiger charge is -2.15. The molecule has 0 radical (unpaired) electrons. The van der Waals surface area contributed by atoms with Gasteiger partial charge in [-0.25, -0.2) is 9.97 Å². The minimum Gasteiger partial charge on any atom is -0.437 e. The van der Waals surface area contributed by atoms with E-state index in [9.17, 15) is 0 Å². The van der Waals surface area contributed by atoms with Crippen molar-refractivity contribution >= 4 is 44.0 Å². The predicted octanol–water partition coefficient (Wildman–Crippen LogP) is 8.21. The van der Waals surface area contributed by atoms with Gasteiger partial charge in [-0.1, -0.05) is 48.5 Å². The van der Waals surface area contributed by atoms with E-state index in [0.29, 0.717) is 27.7 Å². The molecule has 0 N–H and O–H groups in total. The molecule has 3 aromatic carbocycles. The van der Waals surface area contributed by atoms with Crippen molar-refractivity contribution in [1.29, 1.82) is 0 Å². The number of rotatable bonds is 3. The van der Waals surface area contributed by atoms with Gasteiger partial charge >= 0.3 is 0 Å². The molecule has 8 rings (SSSR count). The molecule has 0 bridgehead atoms. The average Bonchev–Trinajstić information content (AvgIpc) is 3.62. The van der Waals surface area contributed by atoms with E-state index in [-0.39, 0.29) is 11.3 Å². The Hall–Kier alpha value is -5.36. The molecule has 190 valence electrons. The lowest BCUT2D eigenvalue weighted by atomic mass is 10.0. The molecule has 6 heteroatoms. The lowest BCUT2D eigenvalue weighted by Crippen LogP contribution is -2.01. The number of imidazole rings is 1. The largest absolute Gasteiger partial charge is 0.437 e. The zero-order valence-electron chi connectivity index (χ0n) is 27.0. The van der Waals surface area contributed by atoms with Gasteiger partial charge in [-0.15, -0.1) is 0 Å². The van der Waals surface area contributed by atoms with Crippen LogP contribution in [0.2, 0.25) is 0 Å². The molecular formula is C34H23N5O. The SMILES string of the molecule is [2H]C([2H])([2H])c1cc2c(nc1C([2H])([2H])[2H])oc1c(-c3nc4ccc5ncccc5c4n3-c3ccccc3-c3ccccc3)cncc12. The maximum atomic E-state index is 8.03. The second-order valence-corrected chi connectivity index (χ2v) is 9.56. The maximum Gasteiger partial charge on any atom is 0.227 e. The summed E-state index contributed by atoms with van der Waals surface area (Å²) in [5.74, 6) is 0.527. The molecule has 0 aliphatic carbocycles.